The van der Waals surface area contributed by atoms with Crippen LogP contribution in [0.1, 0.15) is 27.7 Å². The average Bonchev–Trinajstić information content (AvgIpc) is 3.02. The van der Waals surface area contributed by atoms with Gasteiger partial charge in [0.15, 0.2) is 5.13 Å². The van der Waals surface area contributed by atoms with E-state index in [0.29, 0.717) is 22.1 Å². The molecule has 0 radical (unpaired) electrons. The van der Waals surface area contributed by atoms with E-state index < -0.39 is 17.3 Å². The number of halogens is 1. The van der Waals surface area contributed by atoms with E-state index in [1.165, 1.54) is 36.6 Å². The third-order valence-electron chi connectivity index (χ3n) is 3.59. The molecule has 140 valence electrons. The lowest BCUT2D eigenvalue weighted by Gasteiger charge is -2.21. The molecule has 0 aliphatic rings. The van der Waals surface area contributed by atoms with Crippen LogP contribution in [0.3, 0.4) is 0 Å². The summed E-state index contributed by atoms with van der Waals surface area (Å²) in [5, 5.41) is 7.37. The fourth-order valence-corrected chi connectivity index (χ4v) is 2.74. The predicted octanol–water partition coefficient (Wildman–Crippen LogP) is 3.45. The van der Waals surface area contributed by atoms with Gasteiger partial charge in [-0.15, -0.1) is 11.3 Å². The fraction of sp³-hybridized carbons (Fsp3) is 0.389. The molecular weight excluding hydrogens is 357 g/mol. The van der Waals surface area contributed by atoms with Crippen molar-refractivity contribution in [1.29, 1.82) is 0 Å². The van der Waals surface area contributed by atoms with Crippen molar-refractivity contribution >= 4 is 28.3 Å². The number of benzene rings is 1. The quantitative estimate of drug-likeness (QED) is 0.834. The van der Waals surface area contributed by atoms with Gasteiger partial charge in [-0.05, 0) is 25.1 Å². The zero-order chi connectivity index (χ0) is 19.5. The van der Waals surface area contributed by atoms with Crippen LogP contribution >= 0.6 is 11.3 Å². The van der Waals surface area contributed by atoms with E-state index in [4.69, 9.17) is 4.74 Å². The van der Waals surface area contributed by atoms with Crippen molar-refractivity contribution in [2.45, 2.75) is 33.7 Å². The normalized spacial score (nSPS) is 12.4. The first-order chi connectivity index (χ1) is 12.1. The molecule has 0 bridgehead atoms. The van der Waals surface area contributed by atoms with Gasteiger partial charge in [-0.2, -0.15) is 0 Å². The zero-order valence-corrected chi connectivity index (χ0v) is 16.2. The van der Waals surface area contributed by atoms with Crippen LogP contribution in [0.4, 0.5) is 9.52 Å². The molecule has 1 unspecified atom stereocenters. The summed E-state index contributed by atoms with van der Waals surface area (Å²) in [6.45, 7) is 6.91. The first-order valence-electron chi connectivity index (χ1n) is 8.03. The van der Waals surface area contributed by atoms with Gasteiger partial charge in [0.2, 0.25) is 11.8 Å². The maximum absolute atomic E-state index is 13.5. The molecule has 0 aliphatic heterocycles. The van der Waals surface area contributed by atoms with Crippen LogP contribution in [0.5, 0.6) is 5.75 Å². The summed E-state index contributed by atoms with van der Waals surface area (Å²) in [7, 11) is 1.49. The van der Waals surface area contributed by atoms with Crippen LogP contribution < -0.4 is 15.4 Å². The summed E-state index contributed by atoms with van der Waals surface area (Å²) in [5.41, 5.74) is 0.406. The van der Waals surface area contributed by atoms with Crippen LogP contribution in [0.25, 0.3) is 11.3 Å². The minimum absolute atomic E-state index is 0.218. The number of nitrogens with zero attached hydrogens (tertiary/aromatic N) is 1. The Hall–Kier alpha value is -2.48. The number of carbonyl (C=O) groups excluding carboxylic acids is 2. The highest BCUT2D eigenvalue weighted by Gasteiger charge is 2.25. The third-order valence-corrected chi connectivity index (χ3v) is 4.35. The number of rotatable bonds is 5. The zero-order valence-electron chi connectivity index (χ0n) is 15.3. The Morgan fingerprint density at radius 1 is 1.31 bits per heavy atom. The lowest BCUT2D eigenvalue weighted by molar-refractivity contribution is -0.131. The number of carbonyl (C=O) groups is 2. The van der Waals surface area contributed by atoms with Crippen molar-refractivity contribution in [3.8, 4) is 17.0 Å². The summed E-state index contributed by atoms with van der Waals surface area (Å²) >= 11 is 1.21. The van der Waals surface area contributed by atoms with Crippen LogP contribution in [0.15, 0.2) is 23.6 Å². The maximum atomic E-state index is 13.5. The predicted molar refractivity (Wildman–Crippen MR) is 99.7 cm³/mol. The fourth-order valence-electron chi connectivity index (χ4n) is 2.03. The van der Waals surface area contributed by atoms with Gasteiger partial charge in [0.1, 0.15) is 17.6 Å². The molecule has 2 rings (SSSR count). The minimum atomic E-state index is -0.710. The number of hydrogen-bond donors (Lipinski definition) is 2. The molecule has 0 spiro atoms. The Morgan fingerprint density at radius 3 is 2.62 bits per heavy atom. The smallest absolute Gasteiger partial charge is 0.248 e. The summed E-state index contributed by atoms with van der Waals surface area (Å²) in [4.78, 5) is 28.5. The highest BCUT2D eigenvalue weighted by Crippen LogP contribution is 2.32. The second kappa shape index (κ2) is 7.82. The van der Waals surface area contributed by atoms with E-state index in [0.717, 1.165) is 0 Å². The van der Waals surface area contributed by atoms with Crippen molar-refractivity contribution in [2.24, 2.45) is 5.41 Å². The van der Waals surface area contributed by atoms with Crippen LogP contribution in [0, 0.1) is 11.2 Å². The van der Waals surface area contributed by atoms with Gasteiger partial charge >= 0.3 is 0 Å². The van der Waals surface area contributed by atoms with Crippen LogP contribution in [-0.4, -0.2) is 29.9 Å². The van der Waals surface area contributed by atoms with Gasteiger partial charge in [-0.1, -0.05) is 20.8 Å². The number of aromatic nitrogens is 1. The van der Waals surface area contributed by atoms with E-state index >= 15 is 0 Å². The van der Waals surface area contributed by atoms with Crippen molar-refractivity contribution in [2.75, 3.05) is 12.4 Å². The number of thiazole rings is 1. The molecule has 6 nitrogen and oxygen atoms in total. The maximum Gasteiger partial charge on any atom is 0.248 e. The van der Waals surface area contributed by atoms with Crippen molar-refractivity contribution in [3.05, 3.63) is 29.4 Å². The third kappa shape index (κ3) is 4.78. The number of ether oxygens (including phenoxy) is 1. The molecule has 1 heterocycles. The molecule has 0 fully saturated rings. The van der Waals surface area contributed by atoms with Gasteiger partial charge < -0.3 is 15.4 Å². The second-order valence-corrected chi connectivity index (χ2v) is 7.68. The van der Waals surface area contributed by atoms with Gasteiger partial charge in [0, 0.05) is 16.4 Å². The molecule has 2 aromatic rings. The van der Waals surface area contributed by atoms with Crippen LogP contribution in [0.2, 0.25) is 0 Å². The highest BCUT2D eigenvalue weighted by atomic mass is 32.1. The molecule has 1 aromatic carbocycles. The van der Waals surface area contributed by atoms with E-state index in [-0.39, 0.29) is 11.8 Å². The summed E-state index contributed by atoms with van der Waals surface area (Å²) in [5.74, 6) is -0.516. The first-order valence-corrected chi connectivity index (χ1v) is 8.91. The number of hydrogen-bond acceptors (Lipinski definition) is 5. The number of anilines is 1. The Kier molecular flexibility index (Phi) is 5.97. The molecule has 0 saturated carbocycles. The number of nitrogens with one attached hydrogen (secondary N) is 2. The topological polar surface area (TPSA) is 80.3 Å². The van der Waals surface area contributed by atoms with Gasteiger partial charge in [0.05, 0.1) is 12.8 Å². The Bertz CT molecular complexity index is 814. The van der Waals surface area contributed by atoms with E-state index in [1.54, 1.807) is 33.1 Å². The lowest BCUT2D eigenvalue weighted by Crippen LogP contribution is -2.46. The average molecular weight is 379 g/mol. The largest absolute Gasteiger partial charge is 0.496 e. The number of methoxy groups -OCH3 is 1. The SMILES string of the molecule is COc1ccc(F)cc1-c1csc(NC(=O)C(C)NC(=O)C(C)(C)C)n1. The molecule has 2 N–H and O–H groups in total. The minimum Gasteiger partial charge on any atom is -0.496 e. The lowest BCUT2D eigenvalue weighted by atomic mass is 9.95. The summed E-state index contributed by atoms with van der Waals surface area (Å²) < 4.78 is 18.7. The summed E-state index contributed by atoms with van der Waals surface area (Å²) in [6.07, 6.45) is 0. The van der Waals surface area contributed by atoms with Crippen molar-refractivity contribution < 1.29 is 18.7 Å². The molecule has 2 amide bonds. The van der Waals surface area contributed by atoms with Gasteiger partial charge in [-0.25, -0.2) is 9.37 Å². The van der Waals surface area contributed by atoms with Gasteiger partial charge in [-0.3, -0.25) is 9.59 Å². The van der Waals surface area contributed by atoms with Crippen molar-refractivity contribution in [3.63, 3.8) is 0 Å². The molecule has 26 heavy (non-hydrogen) atoms. The van der Waals surface area contributed by atoms with E-state index in [2.05, 4.69) is 15.6 Å². The molecule has 1 aromatic heterocycles. The van der Waals surface area contributed by atoms with Crippen LogP contribution in [-0.2, 0) is 9.59 Å². The molecule has 8 heteroatoms. The standard InChI is InChI=1S/C18H22FN3O3S/c1-10(20-16(24)18(2,3)4)15(23)22-17-21-13(9-26-17)12-8-11(19)6-7-14(12)25-5/h6-10H,1-5H3,(H,20,24)(H,21,22,23). The Balaban J connectivity index is 2.10. The summed E-state index contributed by atoms with van der Waals surface area (Å²) in [6, 6.07) is 3.44. The second-order valence-electron chi connectivity index (χ2n) is 6.82. The van der Waals surface area contributed by atoms with E-state index in [9.17, 15) is 14.0 Å². The Labute approximate surface area is 155 Å². The van der Waals surface area contributed by atoms with Gasteiger partial charge in [0.25, 0.3) is 0 Å². The monoisotopic (exact) mass is 379 g/mol. The van der Waals surface area contributed by atoms with Crippen molar-refractivity contribution in [1.82, 2.24) is 10.3 Å². The number of amides is 2. The Morgan fingerprint density at radius 2 is 2.00 bits per heavy atom. The molecule has 0 aliphatic carbocycles. The highest BCUT2D eigenvalue weighted by molar-refractivity contribution is 7.14. The molecular formula is C18H22FN3O3S. The molecule has 1 atom stereocenters. The first kappa shape index (κ1) is 19.8. The van der Waals surface area contributed by atoms with E-state index in [1.807, 2.05) is 0 Å². The molecule has 0 saturated heterocycles.